The molecule has 0 aliphatic rings. The molecule has 1 atom stereocenters. The molecule has 108 valence electrons. The van der Waals surface area contributed by atoms with E-state index in [0.717, 1.165) is 18.5 Å². The monoisotopic (exact) mass is 277 g/mol. The van der Waals surface area contributed by atoms with Crippen molar-refractivity contribution in [2.45, 2.75) is 26.0 Å². The van der Waals surface area contributed by atoms with Gasteiger partial charge >= 0.3 is 0 Å². The van der Waals surface area contributed by atoms with Gasteiger partial charge in [0.1, 0.15) is 17.7 Å². The van der Waals surface area contributed by atoms with E-state index in [4.69, 9.17) is 4.74 Å². The van der Waals surface area contributed by atoms with Crippen LogP contribution in [0.2, 0.25) is 0 Å². The molecule has 2 rings (SSSR count). The van der Waals surface area contributed by atoms with Gasteiger partial charge in [0, 0.05) is 38.0 Å². The van der Waals surface area contributed by atoms with Crippen LogP contribution in [0.3, 0.4) is 0 Å². The van der Waals surface area contributed by atoms with Crippen LogP contribution in [0, 0.1) is 5.82 Å². The number of aromatic nitrogens is 2. The highest BCUT2D eigenvalue weighted by atomic mass is 19.1. The first kappa shape index (κ1) is 14.5. The summed E-state index contributed by atoms with van der Waals surface area (Å²) in [4.78, 5) is 0. The van der Waals surface area contributed by atoms with Crippen LogP contribution in [0.4, 0.5) is 4.39 Å². The van der Waals surface area contributed by atoms with Crippen LogP contribution in [-0.4, -0.2) is 22.4 Å². The zero-order valence-corrected chi connectivity index (χ0v) is 11.8. The second kappa shape index (κ2) is 7.05. The minimum Gasteiger partial charge on any atom is -0.489 e. The Hall–Kier alpha value is -1.88. The van der Waals surface area contributed by atoms with Crippen molar-refractivity contribution < 1.29 is 9.13 Å². The van der Waals surface area contributed by atoms with E-state index in [0.29, 0.717) is 12.3 Å². The second-order valence-corrected chi connectivity index (χ2v) is 4.76. The quantitative estimate of drug-likeness (QED) is 0.845. The SMILES string of the molecule is CC[C@@H](CNCc1cnn(C)c1)Oc1cccc(F)c1. The average Bonchev–Trinajstić information content (AvgIpc) is 2.83. The first-order chi connectivity index (χ1) is 9.67. The Balaban J connectivity index is 1.80. The maximum absolute atomic E-state index is 13.1. The van der Waals surface area contributed by atoms with Crippen LogP contribution in [0.25, 0.3) is 0 Å². The van der Waals surface area contributed by atoms with E-state index in [-0.39, 0.29) is 11.9 Å². The van der Waals surface area contributed by atoms with Crippen molar-refractivity contribution in [3.8, 4) is 5.75 Å². The molecule has 0 bridgehead atoms. The molecule has 4 nitrogen and oxygen atoms in total. The topological polar surface area (TPSA) is 39.1 Å². The van der Waals surface area contributed by atoms with Crippen LogP contribution in [-0.2, 0) is 13.6 Å². The minimum atomic E-state index is -0.277. The van der Waals surface area contributed by atoms with E-state index in [2.05, 4.69) is 17.3 Å². The fourth-order valence-electron chi connectivity index (χ4n) is 1.94. The van der Waals surface area contributed by atoms with E-state index in [1.54, 1.807) is 16.8 Å². The molecule has 0 saturated heterocycles. The lowest BCUT2D eigenvalue weighted by atomic mass is 10.2. The predicted molar refractivity (Wildman–Crippen MR) is 76.0 cm³/mol. The molecule has 0 aliphatic heterocycles. The minimum absolute atomic E-state index is 0.0217. The van der Waals surface area contributed by atoms with Crippen molar-refractivity contribution in [3.05, 3.63) is 48.0 Å². The number of benzene rings is 1. The Morgan fingerprint density at radius 2 is 2.30 bits per heavy atom. The number of hydrogen-bond acceptors (Lipinski definition) is 3. The predicted octanol–water partition coefficient (Wildman–Crippen LogP) is 2.51. The third-order valence-electron chi connectivity index (χ3n) is 3.01. The molecule has 1 heterocycles. The summed E-state index contributed by atoms with van der Waals surface area (Å²) in [5, 5.41) is 7.44. The number of nitrogens with zero attached hydrogens (tertiary/aromatic N) is 2. The number of rotatable bonds is 7. The molecular weight excluding hydrogens is 257 g/mol. The van der Waals surface area contributed by atoms with Crippen LogP contribution in [0.1, 0.15) is 18.9 Å². The molecule has 20 heavy (non-hydrogen) atoms. The van der Waals surface area contributed by atoms with Gasteiger partial charge < -0.3 is 10.1 Å². The Kier molecular flexibility index (Phi) is 5.12. The summed E-state index contributed by atoms with van der Waals surface area (Å²) in [6, 6.07) is 6.24. The van der Waals surface area contributed by atoms with Crippen molar-refractivity contribution in [1.29, 1.82) is 0 Å². The number of aryl methyl sites for hydroxylation is 1. The van der Waals surface area contributed by atoms with Gasteiger partial charge in [-0.05, 0) is 18.6 Å². The molecule has 2 aromatic rings. The summed E-state index contributed by atoms with van der Waals surface area (Å²) in [6.07, 6.45) is 4.69. The molecule has 0 spiro atoms. The summed E-state index contributed by atoms with van der Waals surface area (Å²) in [5.74, 6) is 0.292. The third kappa shape index (κ3) is 4.35. The van der Waals surface area contributed by atoms with Crippen LogP contribution in [0.5, 0.6) is 5.75 Å². The van der Waals surface area contributed by atoms with Crippen LogP contribution < -0.4 is 10.1 Å². The van der Waals surface area contributed by atoms with Crippen molar-refractivity contribution >= 4 is 0 Å². The Bertz CT molecular complexity index is 541. The Morgan fingerprint density at radius 3 is 2.95 bits per heavy atom. The normalized spacial score (nSPS) is 12.3. The van der Waals surface area contributed by atoms with Gasteiger partial charge in [-0.3, -0.25) is 4.68 Å². The van der Waals surface area contributed by atoms with Gasteiger partial charge in [-0.25, -0.2) is 4.39 Å². The van der Waals surface area contributed by atoms with E-state index in [9.17, 15) is 4.39 Å². The van der Waals surface area contributed by atoms with Crippen molar-refractivity contribution in [2.75, 3.05) is 6.54 Å². The van der Waals surface area contributed by atoms with Gasteiger partial charge in [0.05, 0.1) is 6.20 Å². The van der Waals surface area contributed by atoms with Gasteiger partial charge in [-0.15, -0.1) is 0 Å². The number of nitrogens with one attached hydrogen (secondary N) is 1. The van der Waals surface area contributed by atoms with E-state index >= 15 is 0 Å². The lowest BCUT2D eigenvalue weighted by Gasteiger charge is -2.18. The summed E-state index contributed by atoms with van der Waals surface area (Å²) >= 11 is 0. The van der Waals surface area contributed by atoms with Crippen LogP contribution >= 0.6 is 0 Å². The molecule has 1 aromatic carbocycles. The maximum atomic E-state index is 13.1. The summed E-state index contributed by atoms with van der Waals surface area (Å²) < 4.78 is 20.6. The van der Waals surface area contributed by atoms with Crippen molar-refractivity contribution in [1.82, 2.24) is 15.1 Å². The smallest absolute Gasteiger partial charge is 0.126 e. The van der Waals surface area contributed by atoms with Gasteiger partial charge in [0.15, 0.2) is 0 Å². The molecule has 1 aromatic heterocycles. The number of hydrogen-bond donors (Lipinski definition) is 1. The van der Waals surface area contributed by atoms with Gasteiger partial charge in [-0.2, -0.15) is 5.10 Å². The molecule has 0 fully saturated rings. The molecule has 0 unspecified atom stereocenters. The Morgan fingerprint density at radius 1 is 1.45 bits per heavy atom. The third-order valence-corrected chi connectivity index (χ3v) is 3.01. The lowest BCUT2D eigenvalue weighted by molar-refractivity contribution is 0.192. The highest BCUT2D eigenvalue weighted by Gasteiger charge is 2.08. The fourth-order valence-corrected chi connectivity index (χ4v) is 1.94. The highest BCUT2D eigenvalue weighted by Crippen LogP contribution is 2.14. The maximum Gasteiger partial charge on any atom is 0.126 e. The largest absolute Gasteiger partial charge is 0.489 e. The standard InChI is InChI=1S/C15H20FN3O/c1-3-14(20-15-6-4-5-13(16)7-15)10-17-8-12-9-18-19(2)11-12/h4-7,9,11,14,17H,3,8,10H2,1-2H3/t14-/m0/s1. The zero-order chi connectivity index (χ0) is 14.4. The van der Waals surface area contributed by atoms with Crippen LogP contribution in [0.15, 0.2) is 36.7 Å². The number of halogens is 1. The van der Waals surface area contributed by atoms with Gasteiger partial charge in [0.2, 0.25) is 0 Å². The van der Waals surface area contributed by atoms with Gasteiger partial charge in [0.25, 0.3) is 0 Å². The molecule has 1 N–H and O–H groups in total. The molecule has 0 aliphatic carbocycles. The summed E-state index contributed by atoms with van der Waals surface area (Å²) in [5.41, 5.74) is 1.13. The lowest BCUT2D eigenvalue weighted by Crippen LogP contribution is -2.30. The molecular formula is C15H20FN3O. The first-order valence-corrected chi connectivity index (χ1v) is 6.78. The molecule has 0 saturated carbocycles. The van der Waals surface area contributed by atoms with Gasteiger partial charge in [-0.1, -0.05) is 13.0 Å². The second-order valence-electron chi connectivity index (χ2n) is 4.76. The van der Waals surface area contributed by atoms with E-state index in [1.807, 2.05) is 19.4 Å². The molecule has 0 amide bonds. The summed E-state index contributed by atoms with van der Waals surface area (Å²) in [6.45, 7) is 3.51. The first-order valence-electron chi connectivity index (χ1n) is 6.78. The summed E-state index contributed by atoms with van der Waals surface area (Å²) in [7, 11) is 1.89. The van der Waals surface area contributed by atoms with E-state index in [1.165, 1.54) is 12.1 Å². The highest BCUT2D eigenvalue weighted by molar-refractivity contribution is 5.22. The Labute approximate surface area is 118 Å². The van der Waals surface area contributed by atoms with E-state index < -0.39 is 0 Å². The molecule has 0 radical (unpaired) electrons. The van der Waals surface area contributed by atoms with Crippen molar-refractivity contribution in [2.24, 2.45) is 7.05 Å². The number of ether oxygens (including phenoxy) is 1. The average molecular weight is 277 g/mol. The zero-order valence-electron chi connectivity index (χ0n) is 11.8. The fraction of sp³-hybridized carbons (Fsp3) is 0.400. The molecule has 5 heteroatoms. The van der Waals surface area contributed by atoms with Crippen molar-refractivity contribution in [3.63, 3.8) is 0 Å².